The third-order valence-corrected chi connectivity index (χ3v) is 2.67. The van der Waals surface area contributed by atoms with Crippen LogP contribution in [0.5, 0.6) is 11.5 Å². The maximum atomic E-state index is 9.77. The van der Waals surface area contributed by atoms with E-state index < -0.39 is 24.1 Å². The molecule has 0 aliphatic rings. The molecule has 1 aromatic carbocycles. The molecule has 8 N–H and O–H groups in total. The second-order valence-electron chi connectivity index (χ2n) is 4.27. The van der Waals surface area contributed by atoms with E-state index in [-0.39, 0.29) is 17.6 Å². The molecule has 0 heterocycles. The minimum atomic E-state index is -2.27. The van der Waals surface area contributed by atoms with Crippen molar-refractivity contribution in [3.8, 4) is 11.5 Å². The van der Waals surface area contributed by atoms with Crippen molar-refractivity contribution >= 4 is 11.9 Å². The number of rotatable bonds is 6. The summed E-state index contributed by atoms with van der Waals surface area (Å²) in [4.78, 5) is 19.5. The van der Waals surface area contributed by atoms with Gasteiger partial charge in [0.2, 0.25) is 0 Å². The Kier molecular flexibility index (Phi) is 8.58. The zero-order valence-electron chi connectivity index (χ0n) is 12.2. The van der Waals surface area contributed by atoms with Crippen molar-refractivity contribution in [3.63, 3.8) is 0 Å². The first-order chi connectivity index (χ1) is 10.6. The van der Waals surface area contributed by atoms with E-state index in [9.17, 15) is 14.7 Å². The fraction of sp³-hybridized carbons (Fsp3) is 0.385. The van der Waals surface area contributed by atoms with Crippen molar-refractivity contribution in [1.82, 2.24) is 0 Å². The monoisotopic (exact) mass is 333 g/mol. The number of hydrogen-bond donors (Lipinski definition) is 7. The van der Waals surface area contributed by atoms with Gasteiger partial charge in [0, 0.05) is 13.7 Å². The fourth-order valence-corrected chi connectivity index (χ4v) is 1.38. The van der Waals surface area contributed by atoms with E-state index in [1.807, 2.05) is 0 Å². The first kappa shape index (κ1) is 20.6. The second kappa shape index (κ2) is 9.58. The number of carbonyl (C=O) groups is 2. The third kappa shape index (κ3) is 6.48. The summed E-state index contributed by atoms with van der Waals surface area (Å²) in [5.74, 6) is -3.84. The molecule has 0 aliphatic heterocycles. The lowest BCUT2D eigenvalue weighted by molar-refractivity contribution is -0.165. The van der Waals surface area contributed by atoms with Crippen LogP contribution in [-0.4, -0.2) is 68.4 Å². The zero-order valence-corrected chi connectivity index (χ0v) is 12.2. The van der Waals surface area contributed by atoms with Crippen molar-refractivity contribution < 1.29 is 45.0 Å². The quantitative estimate of drug-likeness (QED) is 0.305. The van der Waals surface area contributed by atoms with Gasteiger partial charge in [-0.2, -0.15) is 0 Å². The molecule has 0 radical (unpaired) electrons. The maximum absolute atomic E-state index is 9.77. The average Bonchev–Trinajstić information content (AvgIpc) is 2.50. The lowest BCUT2D eigenvalue weighted by Crippen LogP contribution is -2.39. The number of phenols is 2. The number of aliphatic carboxylic acids is 2. The van der Waals surface area contributed by atoms with Crippen LogP contribution >= 0.6 is 0 Å². The molecule has 130 valence electrons. The Morgan fingerprint density at radius 3 is 1.87 bits per heavy atom. The molecule has 0 unspecified atom stereocenters. The van der Waals surface area contributed by atoms with Crippen molar-refractivity contribution in [1.29, 1.82) is 0 Å². The summed E-state index contributed by atoms with van der Waals surface area (Å²) in [6, 6.07) is 4.51. The molecule has 0 saturated carbocycles. The molecule has 0 fully saturated rings. The Morgan fingerprint density at radius 1 is 1.09 bits per heavy atom. The second-order valence-corrected chi connectivity index (χ2v) is 4.27. The average molecular weight is 333 g/mol. The van der Waals surface area contributed by atoms with Gasteiger partial charge < -0.3 is 41.1 Å². The Morgan fingerprint density at radius 2 is 1.57 bits per heavy atom. The number of methoxy groups -OCH3 is 1. The molecule has 0 amide bonds. The van der Waals surface area contributed by atoms with Gasteiger partial charge in [0.25, 0.3) is 0 Å². The molecule has 1 rings (SSSR count). The third-order valence-electron chi connectivity index (χ3n) is 2.67. The predicted molar refractivity (Wildman–Crippen MR) is 75.9 cm³/mol. The number of phenolic OH excluding ortho intramolecular Hbond substituents is 2. The van der Waals surface area contributed by atoms with Crippen LogP contribution < -0.4 is 5.73 Å². The molecule has 0 aliphatic carbocycles. The van der Waals surface area contributed by atoms with Gasteiger partial charge in [0.15, 0.2) is 23.7 Å². The van der Waals surface area contributed by atoms with Crippen molar-refractivity contribution in [2.75, 3.05) is 13.7 Å². The smallest absolute Gasteiger partial charge is 0.335 e. The molecular weight excluding hydrogens is 314 g/mol. The zero-order chi connectivity index (χ0) is 18.2. The van der Waals surface area contributed by atoms with Gasteiger partial charge in [-0.15, -0.1) is 0 Å². The summed E-state index contributed by atoms with van der Waals surface area (Å²) in [5.41, 5.74) is 6.18. The van der Waals surface area contributed by atoms with E-state index >= 15 is 0 Å². The van der Waals surface area contributed by atoms with E-state index in [1.165, 1.54) is 12.1 Å². The van der Waals surface area contributed by atoms with Crippen LogP contribution in [0.15, 0.2) is 18.2 Å². The van der Waals surface area contributed by atoms with Gasteiger partial charge in [0.05, 0.1) is 6.10 Å². The summed E-state index contributed by atoms with van der Waals surface area (Å²) in [7, 11) is 1.54. The van der Waals surface area contributed by atoms with Gasteiger partial charge in [-0.1, -0.05) is 6.07 Å². The van der Waals surface area contributed by atoms with Crippen LogP contribution in [0.2, 0.25) is 0 Å². The van der Waals surface area contributed by atoms with E-state index in [2.05, 4.69) is 0 Å². The Labute approximate surface area is 131 Å². The highest BCUT2D eigenvalue weighted by Crippen LogP contribution is 2.28. The van der Waals surface area contributed by atoms with Crippen LogP contribution in [0.4, 0.5) is 0 Å². The fourth-order valence-electron chi connectivity index (χ4n) is 1.38. The van der Waals surface area contributed by atoms with E-state index in [0.29, 0.717) is 6.54 Å². The largest absolute Gasteiger partial charge is 0.504 e. The molecule has 0 aromatic heterocycles. The minimum Gasteiger partial charge on any atom is -0.504 e. The first-order valence-electron chi connectivity index (χ1n) is 6.22. The number of nitrogens with two attached hydrogens (primary N) is 1. The van der Waals surface area contributed by atoms with Crippen LogP contribution in [0.1, 0.15) is 11.7 Å². The number of aliphatic hydroxyl groups excluding tert-OH is 2. The maximum Gasteiger partial charge on any atom is 0.335 e. The molecule has 0 bridgehead atoms. The number of aliphatic hydroxyl groups is 2. The highest BCUT2D eigenvalue weighted by Gasteiger charge is 2.29. The van der Waals surface area contributed by atoms with Gasteiger partial charge in [0.1, 0.15) is 0 Å². The Hall–Kier alpha value is -2.40. The summed E-state index contributed by atoms with van der Waals surface area (Å²) in [6.45, 7) is 0.334. The Balaban J connectivity index is 0.000000438. The summed E-state index contributed by atoms with van der Waals surface area (Å²) in [5, 5.41) is 50.8. The standard InChI is InChI=1S/C9H13NO3.C4H6O6/c1-13-9(5-10)6-2-3-7(11)8(12)4-6;5-1(3(7)8)2(6)4(9)10/h2-4,9,11-12H,5,10H2,1H3;1-2,5-6H,(H,7,8)(H,9,10)/t9-;1-,2-/m01/s1. The van der Waals surface area contributed by atoms with Gasteiger partial charge in [-0.3, -0.25) is 0 Å². The number of aromatic hydroxyl groups is 2. The summed E-state index contributed by atoms with van der Waals surface area (Å²) in [6.07, 6.45) is -4.78. The van der Waals surface area contributed by atoms with E-state index in [4.69, 9.17) is 36.0 Å². The molecule has 3 atom stereocenters. The lowest BCUT2D eigenvalue weighted by Gasteiger charge is -2.13. The van der Waals surface area contributed by atoms with Crippen LogP contribution in [0, 0.1) is 0 Å². The summed E-state index contributed by atoms with van der Waals surface area (Å²) < 4.78 is 5.06. The minimum absolute atomic E-state index is 0.143. The molecule has 0 saturated heterocycles. The summed E-state index contributed by atoms with van der Waals surface area (Å²) >= 11 is 0. The van der Waals surface area contributed by atoms with Gasteiger partial charge in [-0.05, 0) is 17.7 Å². The van der Waals surface area contributed by atoms with Crippen molar-refractivity contribution in [2.45, 2.75) is 18.3 Å². The van der Waals surface area contributed by atoms with E-state index in [1.54, 1.807) is 13.2 Å². The Bertz CT molecular complexity index is 512. The predicted octanol–water partition coefficient (Wildman–Crippen LogP) is -1.38. The number of ether oxygens (including phenoxy) is 1. The number of benzene rings is 1. The molecule has 0 spiro atoms. The molecular formula is C13H19NO9. The van der Waals surface area contributed by atoms with E-state index in [0.717, 1.165) is 5.56 Å². The highest BCUT2D eigenvalue weighted by atomic mass is 16.5. The lowest BCUT2D eigenvalue weighted by atomic mass is 10.1. The highest BCUT2D eigenvalue weighted by molar-refractivity contribution is 5.83. The first-order valence-corrected chi connectivity index (χ1v) is 6.22. The van der Waals surface area contributed by atoms with Gasteiger partial charge >= 0.3 is 11.9 Å². The SMILES string of the molecule is CO[C@@H](CN)c1ccc(O)c(O)c1.O=C(O)[C@H](O)[C@@H](O)C(=O)O. The number of carboxylic acid groups (broad SMARTS) is 2. The van der Waals surface area contributed by atoms with Crippen LogP contribution in [-0.2, 0) is 14.3 Å². The number of carboxylic acids is 2. The van der Waals surface area contributed by atoms with Gasteiger partial charge in [-0.25, -0.2) is 9.59 Å². The van der Waals surface area contributed by atoms with Crippen molar-refractivity contribution in [3.05, 3.63) is 23.8 Å². The molecule has 1 aromatic rings. The molecule has 10 nitrogen and oxygen atoms in total. The number of hydrogen-bond acceptors (Lipinski definition) is 8. The van der Waals surface area contributed by atoms with Crippen LogP contribution in [0.3, 0.4) is 0 Å². The van der Waals surface area contributed by atoms with Crippen molar-refractivity contribution in [2.24, 2.45) is 5.73 Å². The molecule has 23 heavy (non-hydrogen) atoms. The molecule has 10 heteroatoms. The topological polar surface area (TPSA) is 191 Å². The van der Waals surface area contributed by atoms with Crippen LogP contribution in [0.25, 0.3) is 0 Å². The normalized spacial score (nSPS) is 14.1.